The molecule has 0 saturated heterocycles. The van der Waals surface area contributed by atoms with Crippen LogP contribution in [0.5, 0.6) is 0 Å². The van der Waals surface area contributed by atoms with Gasteiger partial charge < -0.3 is 29.1 Å². The van der Waals surface area contributed by atoms with Crippen molar-refractivity contribution in [3.05, 3.63) is 78.1 Å². The normalized spacial score (nSPS) is 10.4. The first-order valence-electron chi connectivity index (χ1n) is 10.6. The van der Waals surface area contributed by atoms with Crippen LogP contribution < -0.4 is 15.5 Å². The van der Waals surface area contributed by atoms with E-state index in [9.17, 15) is 19.2 Å². The van der Waals surface area contributed by atoms with Crippen LogP contribution in [-0.2, 0) is 20.9 Å². The van der Waals surface area contributed by atoms with Crippen molar-refractivity contribution in [3.8, 4) is 0 Å². The zero-order valence-corrected chi connectivity index (χ0v) is 18.6. The third-order valence-electron chi connectivity index (χ3n) is 4.83. The average Bonchev–Trinajstić information content (AvgIpc) is 3.57. The molecule has 0 spiro atoms. The number of benzene rings is 1. The molecule has 10 heteroatoms. The molecule has 2 aromatic heterocycles. The van der Waals surface area contributed by atoms with Gasteiger partial charge in [-0.25, -0.2) is 0 Å². The SMILES string of the molecule is CN(C(=O)COC(=O)CCCNC(=O)c1ccco1)c1ccccc1C(=O)NCc1ccco1. The molecular formula is C24H25N3O7. The van der Waals surface area contributed by atoms with Crippen LogP contribution in [0.15, 0.2) is 69.9 Å². The fraction of sp³-hybridized carbons (Fsp3) is 0.250. The summed E-state index contributed by atoms with van der Waals surface area (Å²) in [6.45, 7) is -0.0170. The van der Waals surface area contributed by atoms with Crippen LogP contribution in [0.1, 0.15) is 39.5 Å². The third kappa shape index (κ3) is 6.83. The van der Waals surface area contributed by atoms with Crippen LogP contribution in [0, 0.1) is 0 Å². The number of esters is 1. The number of nitrogens with zero attached hydrogens (tertiary/aromatic N) is 1. The second-order valence-electron chi connectivity index (χ2n) is 7.23. The predicted molar refractivity (Wildman–Crippen MR) is 121 cm³/mol. The van der Waals surface area contributed by atoms with Crippen LogP contribution in [0.3, 0.4) is 0 Å². The quantitative estimate of drug-likeness (QED) is 0.327. The van der Waals surface area contributed by atoms with E-state index in [2.05, 4.69) is 10.6 Å². The molecule has 0 unspecified atom stereocenters. The Kier molecular flexibility index (Phi) is 8.61. The zero-order valence-electron chi connectivity index (χ0n) is 18.6. The molecule has 34 heavy (non-hydrogen) atoms. The summed E-state index contributed by atoms with van der Waals surface area (Å²) < 4.78 is 15.2. The molecule has 0 aliphatic carbocycles. The van der Waals surface area contributed by atoms with Crippen molar-refractivity contribution >= 4 is 29.4 Å². The zero-order chi connectivity index (χ0) is 24.3. The van der Waals surface area contributed by atoms with Gasteiger partial charge in [-0.3, -0.25) is 19.2 Å². The summed E-state index contributed by atoms with van der Waals surface area (Å²) in [7, 11) is 1.50. The van der Waals surface area contributed by atoms with E-state index >= 15 is 0 Å². The van der Waals surface area contributed by atoms with E-state index in [4.69, 9.17) is 13.6 Å². The van der Waals surface area contributed by atoms with Crippen molar-refractivity contribution < 1.29 is 32.7 Å². The standard InChI is InChI=1S/C24H25N3O7/c1-27(19-9-3-2-8-18(19)23(30)26-15-17-7-5-13-32-17)21(28)16-34-22(29)11-4-12-25-24(31)20-10-6-14-33-20/h2-3,5-10,13-14H,4,11-12,15-16H2,1H3,(H,25,31)(H,26,30). The largest absolute Gasteiger partial charge is 0.467 e. The predicted octanol–water partition coefficient (Wildman–Crippen LogP) is 2.52. The summed E-state index contributed by atoms with van der Waals surface area (Å²) in [6, 6.07) is 13.2. The highest BCUT2D eigenvalue weighted by Crippen LogP contribution is 2.19. The van der Waals surface area contributed by atoms with E-state index in [-0.39, 0.29) is 37.1 Å². The van der Waals surface area contributed by atoms with Gasteiger partial charge in [0, 0.05) is 20.0 Å². The molecule has 0 fully saturated rings. The van der Waals surface area contributed by atoms with Gasteiger partial charge in [-0.1, -0.05) is 12.1 Å². The molecule has 1 aromatic carbocycles. The number of furan rings is 2. The molecule has 3 amide bonds. The van der Waals surface area contributed by atoms with Gasteiger partial charge in [-0.15, -0.1) is 0 Å². The summed E-state index contributed by atoms with van der Waals surface area (Å²) in [5.74, 6) is -1.03. The number of carbonyl (C=O) groups excluding carboxylic acids is 4. The molecule has 178 valence electrons. The topological polar surface area (TPSA) is 131 Å². The summed E-state index contributed by atoms with van der Waals surface area (Å²) >= 11 is 0. The molecule has 0 aliphatic rings. The van der Waals surface area contributed by atoms with Crippen molar-refractivity contribution in [1.82, 2.24) is 10.6 Å². The molecule has 0 atom stereocenters. The maximum absolute atomic E-state index is 12.6. The van der Waals surface area contributed by atoms with Crippen molar-refractivity contribution in [2.45, 2.75) is 19.4 Å². The molecule has 0 radical (unpaired) electrons. The fourth-order valence-corrected chi connectivity index (χ4v) is 3.01. The Morgan fingerprint density at radius 3 is 2.41 bits per heavy atom. The lowest BCUT2D eigenvalue weighted by molar-refractivity contribution is -0.147. The monoisotopic (exact) mass is 467 g/mol. The van der Waals surface area contributed by atoms with Gasteiger partial charge in [-0.05, 0) is 42.8 Å². The number of hydrogen-bond acceptors (Lipinski definition) is 7. The maximum atomic E-state index is 12.6. The average molecular weight is 467 g/mol. The summed E-state index contributed by atoms with van der Waals surface area (Å²) in [4.78, 5) is 50.1. The molecule has 0 saturated carbocycles. The second kappa shape index (κ2) is 12.0. The highest BCUT2D eigenvalue weighted by Gasteiger charge is 2.20. The number of anilines is 1. The Morgan fingerprint density at radius 2 is 1.68 bits per heavy atom. The summed E-state index contributed by atoms with van der Waals surface area (Å²) in [6.07, 6.45) is 3.28. The van der Waals surface area contributed by atoms with Gasteiger partial charge >= 0.3 is 5.97 Å². The van der Waals surface area contributed by atoms with Gasteiger partial charge in [0.2, 0.25) is 0 Å². The number of likely N-dealkylation sites (N-methyl/N-ethyl adjacent to an activating group) is 1. The molecule has 2 heterocycles. The molecule has 0 aliphatic heterocycles. The van der Waals surface area contributed by atoms with Crippen LogP contribution in [0.25, 0.3) is 0 Å². The van der Waals surface area contributed by atoms with Crippen LogP contribution in [0.2, 0.25) is 0 Å². The third-order valence-corrected chi connectivity index (χ3v) is 4.83. The Morgan fingerprint density at radius 1 is 0.912 bits per heavy atom. The lowest BCUT2D eigenvalue weighted by Crippen LogP contribution is -2.33. The summed E-state index contributed by atoms with van der Waals surface area (Å²) in [5, 5.41) is 5.36. The first kappa shape index (κ1) is 24.3. The Bertz CT molecular complexity index is 1110. The molecule has 3 aromatic rings. The molecule has 10 nitrogen and oxygen atoms in total. The van der Waals surface area contributed by atoms with E-state index in [1.165, 1.54) is 30.5 Å². The minimum atomic E-state index is -0.571. The van der Waals surface area contributed by atoms with Gasteiger partial charge in [0.1, 0.15) is 5.76 Å². The number of rotatable bonds is 11. The van der Waals surface area contributed by atoms with Crippen LogP contribution in [-0.4, -0.2) is 43.9 Å². The Hall–Kier alpha value is -4.34. The first-order chi connectivity index (χ1) is 16.5. The Balaban J connectivity index is 1.43. The van der Waals surface area contributed by atoms with Crippen molar-refractivity contribution in [2.24, 2.45) is 0 Å². The molecular weight excluding hydrogens is 442 g/mol. The van der Waals surface area contributed by atoms with E-state index in [1.54, 1.807) is 42.5 Å². The molecule has 3 rings (SSSR count). The van der Waals surface area contributed by atoms with Crippen molar-refractivity contribution in [1.29, 1.82) is 0 Å². The highest BCUT2D eigenvalue weighted by molar-refractivity contribution is 6.05. The van der Waals surface area contributed by atoms with Crippen molar-refractivity contribution in [3.63, 3.8) is 0 Å². The van der Waals surface area contributed by atoms with Crippen LogP contribution in [0.4, 0.5) is 5.69 Å². The second-order valence-corrected chi connectivity index (χ2v) is 7.23. The first-order valence-corrected chi connectivity index (χ1v) is 10.6. The fourth-order valence-electron chi connectivity index (χ4n) is 3.01. The number of amides is 3. The minimum absolute atomic E-state index is 0.0290. The number of para-hydroxylation sites is 1. The van der Waals surface area contributed by atoms with E-state index in [0.29, 0.717) is 23.4 Å². The minimum Gasteiger partial charge on any atom is -0.467 e. The number of ether oxygens (including phenoxy) is 1. The smallest absolute Gasteiger partial charge is 0.306 e. The lowest BCUT2D eigenvalue weighted by Gasteiger charge is -2.20. The maximum Gasteiger partial charge on any atom is 0.306 e. The Labute approximate surface area is 195 Å². The van der Waals surface area contributed by atoms with Gasteiger partial charge in [0.05, 0.1) is 30.3 Å². The van der Waals surface area contributed by atoms with Gasteiger partial charge in [0.15, 0.2) is 12.4 Å². The van der Waals surface area contributed by atoms with E-state index < -0.39 is 18.5 Å². The van der Waals surface area contributed by atoms with Gasteiger partial charge in [0.25, 0.3) is 17.7 Å². The molecule has 0 bridgehead atoms. The summed E-state index contributed by atoms with van der Waals surface area (Å²) in [5.41, 5.74) is 0.671. The highest BCUT2D eigenvalue weighted by atomic mass is 16.5. The van der Waals surface area contributed by atoms with E-state index in [0.717, 1.165) is 0 Å². The number of carbonyl (C=O) groups is 4. The number of hydrogen-bond donors (Lipinski definition) is 2. The van der Waals surface area contributed by atoms with Crippen LogP contribution >= 0.6 is 0 Å². The van der Waals surface area contributed by atoms with Gasteiger partial charge in [-0.2, -0.15) is 0 Å². The van der Waals surface area contributed by atoms with E-state index in [1.807, 2.05) is 0 Å². The number of nitrogens with one attached hydrogen (secondary N) is 2. The van der Waals surface area contributed by atoms with Crippen molar-refractivity contribution in [2.75, 3.05) is 25.1 Å². The lowest BCUT2D eigenvalue weighted by atomic mass is 10.1. The molecule has 2 N–H and O–H groups in total.